The maximum absolute atomic E-state index is 15.8. The lowest BCUT2D eigenvalue weighted by atomic mass is 9.66. The number of hydrogen-bond acceptors (Lipinski definition) is 12. The fourth-order valence-electron chi connectivity index (χ4n) is 11.2. The van der Waals surface area contributed by atoms with Crippen molar-refractivity contribution in [2.75, 3.05) is 66.3 Å². The van der Waals surface area contributed by atoms with Gasteiger partial charge in [0.15, 0.2) is 12.4 Å². The molecule has 348 valence electrons. The second-order valence-electron chi connectivity index (χ2n) is 19.7. The van der Waals surface area contributed by atoms with Crippen LogP contribution in [0.4, 0.5) is 42.0 Å². The molecule has 1 spiro atoms. The summed E-state index contributed by atoms with van der Waals surface area (Å²) in [5.74, 6) is -3.98. The number of aryl methyl sites for hydroxylation is 2. The Hall–Kier alpha value is -5.62. The summed E-state index contributed by atoms with van der Waals surface area (Å²) in [6.07, 6.45) is 8.11. The summed E-state index contributed by atoms with van der Waals surface area (Å²) < 4.78 is 54.7. The Morgan fingerprint density at radius 3 is 2.50 bits per heavy atom. The zero-order valence-electron chi connectivity index (χ0n) is 37.2. The molecule has 15 nitrogen and oxygen atoms in total. The van der Waals surface area contributed by atoms with Crippen molar-refractivity contribution in [3.63, 3.8) is 0 Å². The van der Waals surface area contributed by atoms with E-state index in [1.807, 2.05) is 11.7 Å². The number of piperazine rings is 1. The van der Waals surface area contributed by atoms with Gasteiger partial charge in [-0.2, -0.15) is 10.1 Å². The first kappa shape index (κ1) is 43.0. The molecule has 3 N–H and O–H groups in total. The first-order chi connectivity index (χ1) is 31.6. The van der Waals surface area contributed by atoms with Crippen molar-refractivity contribution in [1.82, 2.24) is 34.5 Å². The first-order valence-electron chi connectivity index (χ1n) is 23.1. The molecule has 7 heterocycles. The largest absolute Gasteiger partial charge is 0.480 e. The van der Waals surface area contributed by atoms with Gasteiger partial charge in [0.1, 0.15) is 10.8 Å². The molecule has 3 atom stereocenters. The number of halogens is 4. The van der Waals surface area contributed by atoms with Gasteiger partial charge < -0.3 is 29.7 Å². The normalized spacial score (nSPS) is 24.4. The van der Waals surface area contributed by atoms with Crippen LogP contribution in [0, 0.1) is 23.1 Å². The highest BCUT2D eigenvalue weighted by Gasteiger charge is 2.51. The van der Waals surface area contributed by atoms with Crippen molar-refractivity contribution in [2.24, 2.45) is 31.3 Å². The van der Waals surface area contributed by atoms with Gasteiger partial charge in [-0.3, -0.25) is 29.3 Å². The molecule has 4 aliphatic heterocycles. The molecule has 11 rings (SSSR count). The minimum atomic E-state index is -3.20. The molecule has 5 fully saturated rings. The summed E-state index contributed by atoms with van der Waals surface area (Å²) in [7, 11) is 3.37. The smallest absolute Gasteiger partial charge is 0.301 e. The van der Waals surface area contributed by atoms with E-state index in [9.17, 15) is 14.4 Å². The van der Waals surface area contributed by atoms with Crippen LogP contribution < -0.4 is 36.0 Å². The van der Waals surface area contributed by atoms with Gasteiger partial charge in [0.2, 0.25) is 23.5 Å². The Morgan fingerprint density at radius 2 is 1.76 bits per heavy atom. The highest BCUT2D eigenvalue weighted by atomic mass is 35.5. The average Bonchev–Trinajstić information content (AvgIpc) is 4.09. The molecule has 5 aromatic rings. The van der Waals surface area contributed by atoms with Crippen molar-refractivity contribution >= 4 is 74.0 Å². The summed E-state index contributed by atoms with van der Waals surface area (Å²) in [6.45, 7) is 6.89. The third kappa shape index (κ3) is 7.57. The Balaban J connectivity index is 0.710. The molecule has 2 aliphatic carbocycles. The van der Waals surface area contributed by atoms with Crippen LogP contribution in [0.3, 0.4) is 0 Å². The van der Waals surface area contributed by atoms with E-state index in [2.05, 4.69) is 60.8 Å². The predicted octanol–water partition coefficient (Wildman–Crippen LogP) is 6.70. The molecule has 2 aromatic carbocycles. The van der Waals surface area contributed by atoms with Crippen LogP contribution in [-0.2, 0) is 23.7 Å². The van der Waals surface area contributed by atoms with E-state index in [-0.39, 0.29) is 56.6 Å². The number of carbonyl (C=O) groups is 2. The first-order valence-corrected chi connectivity index (χ1v) is 23.5. The summed E-state index contributed by atoms with van der Waals surface area (Å²) in [5, 5.41) is 14.7. The lowest BCUT2D eigenvalue weighted by molar-refractivity contribution is -0.134. The fraction of sp³-hybridized carbons (Fsp3) is 0.532. The van der Waals surface area contributed by atoms with Gasteiger partial charge in [-0.05, 0) is 88.0 Å². The molecule has 2 saturated carbocycles. The van der Waals surface area contributed by atoms with Gasteiger partial charge in [0.25, 0.3) is 5.56 Å². The Labute approximate surface area is 384 Å². The summed E-state index contributed by atoms with van der Waals surface area (Å²) in [5.41, 5.74) is 2.76. The number of anilines is 5. The molecular weight excluding hydrogens is 875 g/mol. The molecule has 66 heavy (non-hydrogen) atoms. The fourth-order valence-corrected chi connectivity index (χ4v) is 11.4. The van der Waals surface area contributed by atoms with E-state index in [0.717, 1.165) is 87.2 Å². The number of rotatable bonds is 8. The third-order valence-corrected chi connectivity index (χ3v) is 15.5. The number of carbonyl (C=O) groups excluding carboxylic acids is 2. The van der Waals surface area contributed by atoms with Crippen LogP contribution in [0.5, 0.6) is 5.75 Å². The van der Waals surface area contributed by atoms with Gasteiger partial charge in [-0.25, -0.2) is 18.2 Å². The van der Waals surface area contributed by atoms with Crippen LogP contribution in [0.15, 0.2) is 41.3 Å². The number of pyridine rings is 1. The van der Waals surface area contributed by atoms with Gasteiger partial charge in [0, 0.05) is 93.8 Å². The number of benzene rings is 2. The van der Waals surface area contributed by atoms with E-state index >= 15 is 13.2 Å². The minimum absolute atomic E-state index is 0.0121. The number of nitrogens with zero attached hydrogens (tertiary/aromatic N) is 8. The van der Waals surface area contributed by atoms with E-state index in [1.54, 1.807) is 0 Å². The molecule has 3 saturated heterocycles. The summed E-state index contributed by atoms with van der Waals surface area (Å²) in [4.78, 5) is 54.1. The Morgan fingerprint density at radius 1 is 0.970 bits per heavy atom. The van der Waals surface area contributed by atoms with Crippen LogP contribution >= 0.6 is 11.6 Å². The van der Waals surface area contributed by atoms with E-state index in [1.165, 1.54) is 29.9 Å². The van der Waals surface area contributed by atoms with Gasteiger partial charge in [-0.1, -0.05) is 11.6 Å². The highest BCUT2D eigenvalue weighted by molar-refractivity contribution is 6.33. The number of nitrogens with one attached hydrogen (secondary N) is 3. The molecular formula is C47H53ClF3N11O4. The number of alkyl halides is 2. The highest BCUT2D eigenvalue weighted by Crippen LogP contribution is 2.48. The summed E-state index contributed by atoms with van der Waals surface area (Å²) >= 11 is 6.59. The van der Waals surface area contributed by atoms with Crippen molar-refractivity contribution in [2.45, 2.75) is 82.2 Å². The third-order valence-electron chi connectivity index (χ3n) is 15.2. The standard InChI is InChI=1S/C47H53ClF3N11O4/c1-25-20-61(28-6-7-29-36(16-28)59(3)57-38(29)30-8-9-37(63)54-43(30)64)15-14-60(25)21-26-10-12-46(13-11-26)22-62(23-46)45-52-19-32(48)42(56-45)53-34-17-31-35(18-33(34)49)58(2)44(65)40-39(31)55-41(27-4-5-27)47(50,51)24-66-40/h6-7,16-19,25-27,30,41,55H,4-5,8-15,20-24H2,1-3H3,(H,52,53,56)(H,54,63,64)/t25-,30?,41+/m1/s1. The average molecular weight is 928 g/mol. The van der Waals surface area contributed by atoms with E-state index < -0.39 is 35.9 Å². The molecule has 2 amide bonds. The molecule has 1 unspecified atom stereocenters. The lowest BCUT2D eigenvalue weighted by Gasteiger charge is -2.54. The number of amides is 2. The maximum atomic E-state index is 15.8. The van der Waals surface area contributed by atoms with Crippen molar-refractivity contribution in [3.8, 4) is 5.75 Å². The van der Waals surface area contributed by atoms with Crippen LogP contribution in [0.1, 0.15) is 69.9 Å². The Kier molecular flexibility index (Phi) is 10.4. The molecule has 0 radical (unpaired) electrons. The van der Waals surface area contributed by atoms with Crippen molar-refractivity contribution < 1.29 is 27.5 Å². The van der Waals surface area contributed by atoms with Gasteiger partial charge in [-0.15, -0.1) is 0 Å². The number of piperidine rings is 1. The number of ether oxygens (including phenoxy) is 1. The molecule has 6 aliphatic rings. The topological polar surface area (TPSA) is 155 Å². The van der Waals surface area contributed by atoms with Crippen LogP contribution in [0.2, 0.25) is 5.02 Å². The second kappa shape index (κ2) is 16.0. The van der Waals surface area contributed by atoms with Gasteiger partial charge >= 0.3 is 5.92 Å². The number of hydrogen-bond donors (Lipinski definition) is 3. The Bertz CT molecular complexity index is 2850. The zero-order valence-corrected chi connectivity index (χ0v) is 37.9. The summed E-state index contributed by atoms with van der Waals surface area (Å²) in [6, 6.07) is 8.22. The van der Waals surface area contributed by atoms with E-state index in [0.29, 0.717) is 49.0 Å². The number of fused-ring (bicyclic) bond motifs is 4. The molecule has 19 heteroatoms. The predicted molar refractivity (Wildman–Crippen MR) is 246 cm³/mol. The maximum Gasteiger partial charge on any atom is 0.301 e. The lowest BCUT2D eigenvalue weighted by Crippen LogP contribution is -2.59. The van der Waals surface area contributed by atoms with Crippen molar-refractivity contribution in [3.05, 3.63) is 63.4 Å². The second-order valence-corrected chi connectivity index (χ2v) is 20.1. The zero-order chi connectivity index (χ0) is 45.8. The number of imide groups is 1. The number of aromatic nitrogens is 5. The monoisotopic (exact) mass is 927 g/mol. The minimum Gasteiger partial charge on any atom is -0.480 e. The van der Waals surface area contributed by atoms with Crippen LogP contribution in [0.25, 0.3) is 21.8 Å². The SMILES string of the molecule is C[C@@H]1CN(c2ccc3c(C4CCC(=O)NC4=O)nn(C)c3c2)CCN1CC1CCC2(CC1)CN(c1ncc(Cl)c(Nc3cc4c5c(c(=O)n(C)c4cc3F)OCC(F)(F)[C@H](C3CC3)N5)n1)C2. The van der Waals surface area contributed by atoms with Gasteiger partial charge in [0.05, 0.1) is 46.3 Å². The van der Waals surface area contributed by atoms with Crippen molar-refractivity contribution in [1.29, 1.82) is 0 Å². The van der Waals surface area contributed by atoms with Crippen LogP contribution in [-0.4, -0.2) is 105 Å². The molecule has 3 aromatic heterocycles. The quantitative estimate of drug-likeness (QED) is 0.142. The van der Waals surface area contributed by atoms with E-state index in [4.69, 9.17) is 26.4 Å². The molecule has 0 bridgehead atoms.